The Morgan fingerprint density at radius 2 is 1.95 bits per heavy atom. The summed E-state index contributed by atoms with van der Waals surface area (Å²) in [6.45, 7) is 1.97. The van der Waals surface area contributed by atoms with Crippen LogP contribution in [0.25, 0.3) is 10.8 Å². The number of H-pyrrole nitrogens is 2. The summed E-state index contributed by atoms with van der Waals surface area (Å²) in [5.41, 5.74) is 0.952. The van der Waals surface area contributed by atoms with Gasteiger partial charge in [-0.3, -0.25) is 24.5 Å². The van der Waals surface area contributed by atoms with Crippen LogP contribution in [0.1, 0.15) is 18.7 Å². The van der Waals surface area contributed by atoms with Crippen molar-refractivity contribution in [1.29, 1.82) is 0 Å². The Bertz CT molecular complexity index is 905. The Morgan fingerprint density at radius 1 is 1.19 bits per heavy atom. The SMILES string of the molecule is CC(Nc1cccc2c(=O)[nH][nH]c(=O)c12)c1ccnn1C. The normalized spacial score (nSPS) is 12.5. The zero-order chi connectivity index (χ0) is 15.0. The maximum Gasteiger partial charge on any atom is 0.272 e. The van der Waals surface area contributed by atoms with E-state index < -0.39 is 0 Å². The van der Waals surface area contributed by atoms with E-state index in [4.69, 9.17) is 0 Å². The maximum atomic E-state index is 12.0. The van der Waals surface area contributed by atoms with Gasteiger partial charge in [0.1, 0.15) is 0 Å². The molecule has 0 amide bonds. The highest BCUT2D eigenvalue weighted by molar-refractivity contribution is 5.92. The molecule has 108 valence electrons. The number of nitrogens with one attached hydrogen (secondary N) is 3. The van der Waals surface area contributed by atoms with Crippen LogP contribution in [0.2, 0.25) is 0 Å². The molecule has 7 heteroatoms. The molecular weight excluding hydrogens is 270 g/mol. The largest absolute Gasteiger partial charge is 0.376 e. The molecule has 21 heavy (non-hydrogen) atoms. The van der Waals surface area contributed by atoms with Gasteiger partial charge < -0.3 is 5.32 Å². The highest BCUT2D eigenvalue weighted by Gasteiger charge is 2.13. The molecule has 0 fully saturated rings. The summed E-state index contributed by atoms with van der Waals surface area (Å²) in [7, 11) is 1.86. The lowest BCUT2D eigenvalue weighted by Crippen LogP contribution is -2.21. The summed E-state index contributed by atoms with van der Waals surface area (Å²) in [4.78, 5) is 23.8. The summed E-state index contributed by atoms with van der Waals surface area (Å²) in [5.74, 6) is 0. The average molecular weight is 285 g/mol. The number of aromatic nitrogens is 4. The highest BCUT2D eigenvalue weighted by Crippen LogP contribution is 2.22. The molecule has 0 aliphatic carbocycles. The number of hydrogen-bond donors (Lipinski definition) is 3. The molecule has 1 aromatic carbocycles. The molecular formula is C14H15N5O2. The zero-order valence-electron chi connectivity index (χ0n) is 11.7. The van der Waals surface area contributed by atoms with Crippen LogP contribution < -0.4 is 16.4 Å². The van der Waals surface area contributed by atoms with Crippen LogP contribution in [-0.4, -0.2) is 20.0 Å². The zero-order valence-corrected chi connectivity index (χ0v) is 11.7. The summed E-state index contributed by atoms with van der Waals surface area (Å²) in [6.07, 6.45) is 1.72. The van der Waals surface area contributed by atoms with Crippen molar-refractivity contribution in [3.05, 3.63) is 56.9 Å². The van der Waals surface area contributed by atoms with E-state index in [1.54, 1.807) is 29.1 Å². The molecule has 0 bridgehead atoms. The van der Waals surface area contributed by atoms with Crippen LogP contribution in [-0.2, 0) is 7.05 Å². The van der Waals surface area contributed by atoms with Gasteiger partial charge in [-0.1, -0.05) is 6.07 Å². The topological polar surface area (TPSA) is 95.6 Å². The smallest absolute Gasteiger partial charge is 0.272 e. The van der Waals surface area contributed by atoms with Crippen molar-refractivity contribution in [2.75, 3.05) is 5.32 Å². The van der Waals surface area contributed by atoms with Crippen molar-refractivity contribution in [2.45, 2.75) is 13.0 Å². The summed E-state index contributed by atoms with van der Waals surface area (Å²) < 4.78 is 1.76. The van der Waals surface area contributed by atoms with Crippen molar-refractivity contribution in [1.82, 2.24) is 20.0 Å². The third kappa shape index (κ3) is 2.22. The van der Waals surface area contributed by atoms with Gasteiger partial charge in [0, 0.05) is 18.9 Å². The fourth-order valence-electron chi connectivity index (χ4n) is 2.47. The molecule has 3 aromatic rings. The number of fused-ring (bicyclic) bond motifs is 1. The van der Waals surface area contributed by atoms with Crippen LogP contribution in [0.4, 0.5) is 5.69 Å². The van der Waals surface area contributed by atoms with Gasteiger partial charge in [-0.05, 0) is 25.1 Å². The van der Waals surface area contributed by atoms with E-state index in [-0.39, 0.29) is 17.2 Å². The van der Waals surface area contributed by atoms with Gasteiger partial charge in [-0.15, -0.1) is 0 Å². The van der Waals surface area contributed by atoms with E-state index in [1.807, 2.05) is 20.0 Å². The van der Waals surface area contributed by atoms with E-state index in [2.05, 4.69) is 20.6 Å². The third-order valence-corrected chi connectivity index (χ3v) is 3.50. The fraction of sp³-hybridized carbons (Fsp3) is 0.214. The average Bonchev–Trinajstić information content (AvgIpc) is 2.89. The minimum absolute atomic E-state index is 0.0539. The number of benzene rings is 1. The molecule has 0 saturated heterocycles. The second-order valence-electron chi connectivity index (χ2n) is 4.88. The summed E-state index contributed by atoms with van der Waals surface area (Å²) in [6, 6.07) is 7.00. The number of aromatic amines is 2. The number of nitrogens with zero attached hydrogens (tertiary/aromatic N) is 2. The molecule has 0 spiro atoms. The third-order valence-electron chi connectivity index (χ3n) is 3.50. The van der Waals surface area contributed by atoms with Gasteiger partial charge in [0.15, 0.2) is 0 Å². The Kier molecular flexibility index (Phi) is 3.09. The second kappa shape index (κ2) is 4.93. The Morgan fingerprint density at radius 3 is 2.67 bits per heavy atom. The first kappa shape index (κ1) is 13.2. The molecule has 1 unspecified atom stereocenters. The van der Waals surface area contributed by atoms with Crippen molar-refractivity contribution in [2.24, 2.45) is 7.05 Å². The number of aryl methyl sites for hydroxylation is 1. The molecule has 0 radical (unpaired) electrons. The second-order valence-corrected chi connectivity index (χ2v) is 4.88. The Hall–Kier alpha value is -2.83. The predicted molar refractivity (Wildman–Crippen MR) is 80.4 cm³/mol. The summed E-state index contributed by atoms with van der Waals surface area (Å²) in [5, 5.41) is 12.8. The van der Waals surface area contributed by atoms with Crippen molar-refractivity contribution in [3.8, 4) is 0 Å². The van der Waals surface area contributed by atoms with E-state index >= 15 is 0 Å². The molecule has 1 atom stereocenters. The minimum atomic E-state index is -0.329. The van der Waals surface area contributed by atoms with Crippen molar-refractivity contribution < 1.29 is 0 Å². The molecule has 0 saturated carbocycles. The van der Waals surface area contributed by atoms with Gasteiger partial charge >= 0.3 is 0 Å². The first-order chi connectivity index (χ1) is 10.1. The number of rotatable bonds is 3. The highest BCUT2D eigenvalue weighted by atomic mass is 16.1. The fourth-order valence-corrected chi connectivity index (χ4v) is 2.47. The number of hydrogen-bond acceptors (Lipinski definition) is 4. The summed E-state index contributed by atoms with van der Waals surface area (Å²) >= 11 is 0. The van der Waals surface area contributed by atoms with Crippen molar-refractivity contribution in [3.63, 3.8) is 0 Å². The van der Waals surface area contributed by atoms with Crippen LogP contribution in [0.5, 0.6) is 0 Å². The van der Waals surface area contributed by atoms with Gasteiger partial charge in [0.05, 0.1) is 22.5 Å². The monoisotopic (exact) mass is 285 g/mol. The lowest BCUT2D eigenvalue weighted by Gasteiger charge is -2.16. The van der Waals surface area contributed by atoms with E-state index in [9.17, 15) is 9.59 Å². The van der Waals surface area contributed by atoms with Gasteiger partial charge in [-0.2, -0.15) is 5.10 Å². The first-order valence-corrected chi connectivity index (χ1v) is 6.56. The van der Waals surface area contributed by atoms with Crippen LogP contribution >= 0.6 is 0 Å². The van der Waals surface area contributed by atoms with E-state index in [0.29, 0.717) is 16.5 Å². The molecule has 0 aliphatic rings. The van der Waals surface area contributed by atoms with Crippen LogP contribution in [0.3, 0.4) is 0 Å². The van der Waals surface area contributed by atoms with Crippen molar-refractivity contribution >= 4 is 16.5 Å². The molecule has 2 aromatic heterocycles. The quantitative estimate of drug-likeness (QED) is 0.672. The Labute approximate surface area is 119 Å². The Balaban J connectivity index is 2.10. The standard InChI is InChI=1S/C14H15N5O2/c1-8(11-6-7-15-19(11)2)16-10-5-3-4-9-12(10)14(21)18-17-13(9)20/h3-8,16H,1-2H3,(H,17,20)(H,18,21). The van der Waals surface area contributed by atoms with Gasteiger partial charge in [0.2, 0.25) is 0 Å². The van der Waals surface area contributed by atoms with Crippen LogP contribution in [0.15, 0.2) is 40.1 Å². The maximum absolute atomic E-state index is 12.0. The van der Waals surface area contributed by atoms with Gasteiger partial charge in [0.25, 0.3) is 11.1 Å². The first-order valence-electron chi connectivity index (χ1n) is 6.56. The molecule has 3 rings (SSSR count). The van der Waals surface area contributed by atoms with E-state index in [0.717, 1.165) is 5.69 Å². The van der Waals surface area contributed by atoms with Crippen LogP contribution in [0, 0.1) is 0 Å². The van der Waals surface area contributed by atoms with Gasteiger partial charge in [-0.25, -0.2) is 0 Å². The lowest BCUT2D eigenvalue weighted by atomic mass is 10.1. The molecule has 0 aliphatic heterocycles. The molecule has 2 heterocycles. The number of anilines is 1. The van der Waals surface area contributed by atoms with E-state index in [1.165, 1.54) is 0 Å². The molecule has 7 nitrogen and oxygen atoms in total. The predicted octanol–water partition coefficient (Wildman–Crippen LogP) is 1.12. The molecule has 3 N–H and O–H groups in total. The lowest BCUT2D eigenvalue weighted by molar-refractivity contribution is 0.676. The minimum Gasteiger partial charge on any atom is -0.376 e.